The standard InChI is InChI=1S/C19H18N2O5S/c1-12-8-18(22)26-19-15(12)6-7-17-16(19)10-21(11-25-17)9-13-2-4-14(5-3-13)27(20,23)24/h2-8H,9-11H2,1H3,(H2,20,23,24). The number of rotatable bonds is 3. The summed E-state index contributed by atoms with van der Waals surface area (Å²) in [6, 6.07) is 11.7. The number of hydrogen-bond donors (Lipinski definition) is 1. The van der Waals surface area contributed by atoms with Crippen LogP contribution in [0.15, 0.2) is 56.6 Å². The summed E-state index contributed by atoms with van der Waals surface area (Å²) in [6.07, 6.45) is 0. The van der Waals surface area contributed by atoms with Crippen LogP contribution >= 0.6 is 0 Å². The van der Waals surface area contributed by atoms with Gasteiger partial charge in [-0.05, 0) is 42.3 Å². The van der Waals surface area contributed by atoms with E-state index < -0.39 is 10.0 Å². The van der Waals surface area contributed by atoms with Crippen molar-refractivity contribution in [3.8, 4) is 5.75 Å². The predicted molar refractivity (Wildman–Crippen MR) is 99.8 cm³/mol. The molecule has 4 rings (SSSR count). The molecule has 3 aromatic rings. The Balaban J connectivity index is 1.63. The van der Waals surface area contributed by atoms with E-state index in [2.05, 4.69) is 0 Å². The predicted octanol–water partition coefficient (Wildman–Crippen LogP) is 2.10. The third kappa shape index (κ3) is 3.46. The molecule has 0 fully saturated rings. The lowest BCUT2D eigenvalue weighted by Gasteiger charge is -2.29. The van der Waals surface area contributed by atoms with E-state index in [1.807, 2.05) is 24.0 Å². The lowest BCUT2D eigenvalue weighted by atomic mass is 10.0. The zero-order valence-corrected chi connectivity index (χ0v) is 15.5. The van der Waals surface area contributed by atoms with Gasteiger partial charge in [0, 0.05) is 24.5 Å². The van der Waals surface area contributed by atoms with Gasteiger partial charge in [0.2, 0.25) is 10.0 Å². The maximum absolute atomic E-state index is 11.8. The Labute approximate surface area is 156 Å². The van der Waals surface area contributed by atoms with E-state index >= 15 is 0 Å². The molecule has 0 aliphatic carbocycles. The Morgan fingerprint density at radius 2 is 1.89 bits per heavy atom. The minimum Gasteiger partial charge on any atom is -0.478 e. The number of hydrogen-bond acceptors (Lipinski definition) is 6. The molecule has 0 spiro atoms. The molecule has 0 unspecified atom stereocenters. The summed E-state index contributed by atoms with van der Waals surface area (Å²) in [5.74, 6) is 0.706. The molecule has 1 aliphatic heterocycles. The molecule has 1 aromatic heterocycles. The van der Waals surface area contributed by atoms with E-state index in [0.29, 0.717) is 31.2 Å². The molecule has 8 heteroatoms. The van der Waals surface area contributed by atoms with Gasteiger partial charge in [0.1, 0.15) is 18.1 Å². The third-order valence-corrected chi connectivity index (χ3v) is 5.55. The van der Waals surface area contributed by atoms with Crippen molar-refractivity contribution in [1.29, 1.82) is 0 Å². The van der Waals surface area contributed by atoms with Crippen LogP contribution in [0.3, 0.4) is 0 Å². The summed E-state index contributed by atoms with van der Waals surface area (Å²) in [4.78, 5) is 13.9. The van der Waals surface area contributed by atoms with Gasteiger partial charge in [-0.1, -0.05) is 12.1 Å². The second-order valence-electron chi connectivity index (χ2n) is 6.62. The fourth-order valence-corrected chi connectivity index (χ4v) is 3.80. The van der Waals surface area contributed by atoms with Crippen molar-refractivity contribution in [2.45, 2.75) is 24.9 Å². The monoisotopic (exact) mass is 386 g/mol. The molecule has 2 aromatic carbocycles. The summed E-state index contributed by atoms with van der Waals surface area (Å²) in [5, 5.41) is 6.01. The molecule has 0 saturated heterocycles. The number of nitrogens with two attached hydrogens (primary N) is 1. The van der Waals surface area contributed by atoms with Crippen molar-refractivity contribution in [2.24, 2.45) is 5.14 Å². The zero-order valence-electron chi connectivity index (χ0n) is 14.6. The van der Waals surface area contributed by atoms with E-state index in [1.54, 1.807) is 12.1 Å². The van der Waals surface area contributed by atoms with Gasteiger partial charge in [-0.25, -0.2) is 18.4 Å². The second kappa shape index (κ2) is 6.49. The lowest BCUT2D eigenvalue weighted by molar-refractivity contribution is 0.0889. The molecule has 27 heavy (non-hydrogen) atoms. The van der Waals surface area contributed by atoms with Gasteiger partial charge in [0.25, 0.3) is 0 Å². The van der Waals surface area contributed by atoms with Gasteiger partial charge in [0.15, 0.2) is 0 Å². The Bertz CT molecular complexity index is 1180. The Kier molecular flexibility index (Phi) is 4.26. The first kappa shape index (κ1) is 17.7. The van der Waals surface area contributed by atoms with Gasteiger partial charge in [-0.2, -0.15) is 0 Å². The smallest absolute Gasteiger partial charge is 0.336 e. The van der Waals surface area contributed by atoms with Crippen LogP contribution in [0.5, 0.6) is 5.75 Å². The summed E-state index contributed by atoms with van der Waals surface area (Å²) in [5.41, 5.74) is 2.78. The minimum absolute atomic E-state index is 0.0785. The van der Waals surface area contributed by atoms with Crippen LogP contribution < -0.4 is 15.5 Å². The van der Waals surface area contributed by atoms with Crippen LogP contribution in [0, 0.1) is 6.92 Å². The topological polar surface area (TPSA) is 103 Å². The highest BCUT2D eigenvalue weighted by atomic mass is 32.2. The normalized spacial score (nSPS) is 14.7. The van der Waals surface area contributed by atoms with Crippen LogP contribution in [0.2, 0.25) is 0 Å². The SMILES string of the molecule is Cc1cc(=O)oc2c3c(ccc12)OCN(Cc1ccc(S(N)(=O)=O)cc1)C3. The van der Waals surface area contributed by atoms with E-state index in [9.17, 15) is 13.2 Å². The maximum Gasteiger partial charge on any atom is 0.336 e. The molecule has 0 amide bonds. The van der Waals surface area contributed by atoms with Gasteiger partial charge in [-0.15, -0.1) is 0 Å². The van der Waals surface area contributed by atoms with Gasteiger partial charge in [-0.3, -0.25) is 4.90 Å². The minimum atomic E-state index is -3.71. The fourth-order valence-electron chi connectivity index (χ4n) is 3.28. The molecule has 0 saturated carbocycles. The first-order valence-electron chi connectivity index (χ1n) is 8.34. The van der Waals surface area contributed by atoms with E-state index in [4.69, 9.17) is 14.3 Å². The number of benzene rings is 2. The average molecular weight is 386 g/mol. The molecular formula is C19H18N2O5S. The Morgan fingerprint density at radius 3 is 2.59 bits per heavy atom. The van der Waals surface area contributed by atoms with E-state index in [0.717, 1.165) is 22.1 Å². The third-order valence-electron chi connectivity index (χ3n) is 4.62. The summed E-state index contributed by atoms with van der Waals surface area (Å²) >= 11 is 0. The van der Waals surface area contributed by atoms with Crippen molar-refractivity contribution in [3.63, 3.8) is 0 Å². The molecular weight excluding hydrogens is 368 g/mol. The second-order valence-corrected chi connectivity index (χ2v) is 8.18. The van der Waals surface area contributed by atoms with Crippen LogP contribution in [0.4, 0.5) is 0 Å². The summed E-state index contributed by atoms with van der Waals surface area (Å²) < 4.78 is 34.0. The molecule has 2 heterocycles. The van der Waals surface area contributed by atoms with Crippen LogP contribution in [-0.2, 0) is 23.1 Å². The maximum atomic E-state index is 11.8. The first-order chi connectivity index (χ1) is 12.8. The van der Waals surface area contributed by atoms with E-state index in [-0.39, 0.29) is 10.5 Å². The summed E-state index contributed by atoms with van der Waals surface area (Å²) in [6.45, 7) is 3.36. The molecule has 140 valence electrons. The number of nitrogens with zero attached hydrogens (tertiary/aromatic N) is 1. The molecule has 2 N–H and O–H groups in total. The average Bonchev–Trinajstić information content (AvgIpc) is 2.61. The number of sulfonamides is 1. The van der Waals surface area contributed by atoms with Crippen molar-refractivity contribution >= 4 is 21.0 Å². The number of aryl methyl sites for hydroxylation is 1. The van der Waals surface area contributed by atoms with Crippen LogP contribution in [-0.4, -0.2) is 20.0 Å². The molecule has 0 bridgehead atoms. The largest absolute Gasteiger partial charge is 0.478 e. The van der Waals surface area contributed by atoms with Gasteiger partial charge >= 0.3 is 5.63 Å². The van der Waals surface area contributed by atoms with E-state index in [1.165, 1.54) is 18.2 Å². The van der Waals surface area contributed by atoms with Crippen LogP contribution in [0.25, 0.3) is 11.0 Å². The van der Waals surface area contributed by atoms with Crippen molar-refractivity contribution in [1.82, 2.24) is 4.90 Å². The Hall–Kier alpha value is -2.68. The van der Waals surface area contributed by atoms with Gasteiger partial charge in [0.05, 0.1) is 10.5 Å². The van der Waals surface area contributed by atoms with Crippen molar-refractivity contribution in [3.05, 3.63) is 69.6 Å². The zero-order chi connectivity index (χ0) is 19.2. The number of ether oxygens (including phenoxy) is 1. The van der Waals surface area contributed by atoms with Crippen molar-refractivity contribution in [2.75, 3.05) is 6.73 Å². The quantitative estimate of drug-likeness (QED) is 0.692. The summed E-state index contributed by atoms with van der Waals surface area (Å²) in [7, 11) is -3.71. The number of primary sulfonamides is 1. The van der Waals surface area contributed by atoms with Crippen molar-refractivity contribution < 1.29 is 17.6 Å². The molecule has 7 nitrogen and oxygen atoms in total. The highest BCUT2D eigenvalue weighted by molar-refractivity contribution is 7.89. The molecule has 0 atom stereocenters. The highest BCUT2D eigenvalue weighted by Gasteiger charge is 2.22. The number of fused-ring (bicyclic) bond motifs is 3. The first-order valence-corrected chi connectivity index (χ1v) is 9.89. The highest BCUT2D eigenvalue weighted by Crippen LogP contribution is 2.33. The Morgan fingerprint density at radius 1 is 1.15 bits per heavy atom. The fraction of sp³-hybridized carbons (Fsp3) is 0.211. The van der Waals surface area contributed by atoms with Crippen LogP contribution in [0.1, 0.15) is 16.7 Å². The molecule has 0 radical (unpaired) electrons. The lowest BCUT2D eigenvalue weighted by Crippen LogP contribution is -2.31. The molecule has 1 aliphatic rings. The van der Waals surface area contributed by atoms with Gasteiger partial charge < -0.3 is 9.15 Å².